The highest BCUT2D eigenvalue weighted by Gasteiger charge is 2.33. The van der Waals surface area contributed by atoms with E-state index in [1.54, 1.807) is 24.1 Å². The third-order valence-electron chi connectivity index (χ3n) is 5.93. The average molecular weight is 455 g/mol. The Morgan fingerprint density at radius 1 is 0.970 bits per heavy atom. The molecule has 0 aliphatic carbocycles. The van der Waals surface area contributed by atoms with Gasteiger partial charge in [0.25, 0.3) is 5.91 Å². The van der Waals surface area contributed by atoms with Gasteiger partial charge in [-0.2, -0.15) is 0 Å². The molecule has 0 radical (unpaired) electrons. The Morgan fingerprint density at radius 2 is 1.76 bits per heavy atom. The van der Waals surface area contributed by atoms with Crippen molar-refractivity contribution in [1.29, 1.82) is 0 Å². The second-order valence-electron chi connectivity index (χ2n) is 8.03. The fourth-order valence-electron chi connectivity index (χ4n) is 4.20. The minimum Gasteiger partial charge on any atom is -0.466 e. The first-order valence-corrected chi connectivity index (χ1v) is 11.5. The summed E-state index contributed by atoms with van der Waals surface area (Å²) in [5.74, 6) is 1.44. The summed E-state index contributed by atoms with van der Waals surface area (Å²) in [6, 6.07) is 8.96. The lowest BCUT2D eigenvalue weighted by Crippen LogP contribution is -2.50. The molecule has 33 heavy (non-hydrogen) atoms. The summed E-state index contributed by atoms with van der Waals surface area (Å²) in [5.41, 5.74) is 0. The van der Waals surface area contributed by atoms with Crippen LogP contribution in [0.2, 0.25) is 0 Å². The first-order chi connectivity index (χ1) is 16.2. The summed E-state index contributed by atoms with van der Waals surface area (Å²) in [4.78, 5) is 35.2. The molecule has 2 aliphatic heterocycles. The molecule has 4 rings (SSSR count). The van der Waals surface area contributed by atoms with Gasteiger partial charge in [-0.15, -0.1) is 10.2 Å². The van der Waals surface area contributed by atoms with E-state index in [9.17, 15) is 9.59 Å². The summed E-state index contributed by atoms with van der Waals surface area (Å²) in [7, 11) is 0. The molecule has 0 aromatic carbocycles. The van der Waals surface area contributed by atoms with Gasteiger partial charge in [0.1, 0.15) is 11.9 Å². The molecular formula is C23H30N6O4. The lowest BCUT2D eigenvalue weighted by Gasteiger charge is -2.35. The molecule has 2 aliphatic rings. The number of ether oxygens (including phenoxy) is 2. The smallest absolute Gasteiger partial charge is 0.328 e. The number of hydrogen-bond donors (Lipinski definition) is 0. The van der Waals surface area contributed by atoms with E-state index in [4.69, 9.17) is 9.47 Å². The van der Waals surface area contributed by atoms with Crippen molar-refractivity contribution in [2.24, 2.45) is 0 Å². The van der Waals surface area contributed by atoms with Gasteiger partial charge in [0, 0.05) is 45.0 Å². The number of nitrogens with zero attached hydrogens (tertiary/aromatic N) is 6. The number of piperidine rings is 1. The molecule has 0 spiro atoms. The molecule has 2 fully saturated rings. The Morgan fingerprint density at radius 3 is 2.42 bits per heavy atom. The van der Waals surface area contributed by atoms with Crippen molar-refractivity contribution < 1.29 is 19.1 Å². The number of pyridine rings is 1. The van der Waals surface area contributed by atoms with Crippen LogP contribution in [0.25, 0.3) is 0 Å². The van der Waals surface area contributed by atoms with Gasteiger partial charge in [-0.05, 0) is 44.4 Å². The van der Waals surface area contributed by atoms with E-state index in [-0.39, 0.29) is 24.4 Å². The Kier molecular flexibility index (Phi) is 7.54. The highest BCUT2D eigenvalue weighted by atomic mass is 16.5. The van der Waals surface area contributed by atoms with E-state index in [2.05, 4.69) is 25.0 Å². The molecule has 176 valence electrons. The molecule has 2 aromatic heterocycles. The monoisotopic (exact) mass is 454 g/mol. The topological polar surface area (TPSA) is 101 Å². The molecule has 1 amide bonds. The predicted molar refractivity (Wildman–Crippen MR) is 122 cm³/mol. The SMILES string of the molecule is CCOC(=O)[C@@H]1CCCCN1C(=O)COc1ccc(N2CCN(c3ccccn3)CC2)nn1. The fourth-order valence-corrected chi connectivity index (χ4v) is 4.20. The molecule has 10 heteroatoms. The van der Waals surface area contributed by atoms with Crippen molar-refractivity contribution in [3.05, 3.63) is 36.5 Å². The van der Waals surface area contributed by atoms with Crippen molar-refractivity contribution in [3.63, 3.8) is 0 Å². The molecule has 0 saturated carbocycles. The average Bonchev–Trinajstić information content (AvgIpc) is 2.88. The Balaban J connectivity index is 1.27. The van der Waals surface area contributed by atoms with Crippen molar-refractivity contribution in [2.45, 2.75) is 32.2 Å². The molecule has 4 heterocycles. The molecular weight excluding hydrogens is 424 g/mol. The largest absolute Gasteiger partial charge is 0.466 e. The molecule has 2 saturated heterocycles. The van der Waals surface area contributed by atoms with Crippen LogP contribution in [-0.4, -0.2) is 83.9 Å². The summed E-state index contributed by atoms with van der Waals surface area (Å²) < 4.78 is 10.7. The minimum atomic E-state index is -0.534. The molecule has 0 unspecified atom stereocenters. The molecule has 10 nitrogen and oxygen atoms in total. The van der Waals surface area contributed by atoms with Crippen LogP contribution >= 0.6 is 0 Å². The second-order valence-corrected chi connectivity index (χ2v) is 8.03. The highest BCUT2D eigenvalue weighted by molar-refractivity contribution is 5.85. The zero-order chi connectivity index (χ0) is 23.0. The van der Waals surface area contributed by atoms with Gasteiger partial charge in [0.05, 0.1) is 6.61 Å². The number of likely N-dealkylation sites (tertiary alicyclic amines) is 1. The van der Waals surface area contributed by atoms with E-state index in [1.165, 1.54) is 0 Å². The van der Waals surface area contributed by atoms with Crippen LogP contribution in [0, 0.1) is 0 Å². The third-order valence-corrected chi connectivity index (χ3v) is 5.93. The lowest BCUT2D eigenvalue weighted by molar-refractivity contribution is -0.157. The zero-order valence-electron chi connectivity index (χ0n) is 18.9. The maximum atomic E-state index is 12.7. The van der Waals surface area contributed by atoms with E-state index in [0.29, 0.717) is 19.6 Å². The summed E-state index contributed by atoms with van der Waals surface area (Å²) in [6.07, 6.45) is 4.19. The summed E-state index contributed by atoms with van der Waals surface area (Å²) in [5, 5.41) is 8.41. The van der Waals surface area contributed by atoms with E-state index < -0.39 is 6.04 Å². The third kappa shape index (κ3) is 5.68. The lowest BCUT2D eigenvalue weighted by atomic mass is 10.0. The minimum absolute atomic E-state index is 0.188. The molecule has 1 atom stereocenters. The fraction of sp³-hybridized carbons (Fsp3) is 0.522. The summed E-state index contributed by atoms with van der Waals surface area (Å²) in [6.45, 7) is 5.73. The number of anilines is 2. The van der Waals surface area contributed by atoms with Gasteiger partial charge in [0.2, 0.25) is 5.88 Å². The van der Waals surface area contributed by atoms with Crippen LogP contribution < -0.4 is 14.5 Å². The number of amides is 1. The number of carbonyl (C=O) groups excluding carboxylic acids is 2. The number of hydrogen-bond acceptors (Lipinski definition) is 9. The first kappa shape index (κ1) is 22.8. The molecule has 0 N–H and O–H groups in total. The van der Waals surface area contributed by atoms with Gasteiger partial charge in [-0.25, -0.2) is 9.78 Å². The van der Waals surface area contributed by atoms with Gasteiger partial charge in [-0.3, -0.25) is 4.79 Å². The normalized spacial score (nSPS) is 18.7. The van der Waals surface area contributed by atoms with E-state index in [0.717, 1.165) is 50.7 Å². The number of piperazine rings is 1. The maximum absolute atomic E-state index is 12.7. The van der Waals surface area contributed by atoms with Gasteiger partial charge >= 0.3 is 5.97 Å². The Labute approximate surface area is 193 Å². The van der Waals surface area contributed by atoms with Gasteiger partial charge in [-0.1, -0.05) is 6.07 Å². The summed E-state index contributed by atoms with van der Waals surface area (Å²) >= 11 is 0. The number of rotatable bonds is 7. The van der Waals surface area contributed by atoms with Crippen molar-refractivity contribution in [1.82, 2.24) is 20.1 Å². The van der Waals surface area contributed by atoms with E-state index >= 15 is 0 Å². The first-order valence-electron chi connectivity index (χ1n) is 11.5. The highest BCUT2D eigenvalue weighted by Crippen LogP contribution is 2.20. The Bertz CT molecular complexity index is 918. The van der Waals surface area contributed by atoms with Crippen LogP contribution in [-0.2, 0) is 14.3 Å². The molecule has 0 bridgehead atoms. The number of aromatic nitrogens is 3. The standard InChI is InChI=1S/C23H30N6O4/c1-2-32-23(31)18-7-4-6-12-29(18)22(30)17-33-21-10-9-20(25-26-21)28-15-13-27(14-16-28)19-8-3-5-11-24-19/h3,5,8-11,18H,2,4,6-7,12-17H2,1H3/t18-/m0/s1. The van der Waals surface area contributed by atoms with Crippen molar-refractivity contribution >= 4 is 23.5 Å². The van der Waals surface area contributed by atoms with Crippen LogP contribution in [0.5, 0.6) is 5.88 Å². The van der Waals surface area contributed by atoms with Gasteiger partial charge < -0.3 is 24.2 Å². The van der Waals surface area contributed by atoms with E-state index in [1.807, 2.05) is 24.3 Å². The number of carbonyl (C=O) groups is 2. The Hall–Kier alpha value is -3.43. The number of esters is 1. The maximum Gasteiger partial charge on any atom is 0.328 e. The van der Waals surface area contributed by atoms with Gasteiger partial charge in [0.15, 0.2) is 12.4 Å². The quantitative estimate of drug-likeness (QED) is 0.576. The predicted octanol–water partition coefficient (Wildman–Crippen LogP) is 1.52. The van der Waals surface area contributed by atoms with Crippen molar-refractivity contribution in [3.8, 4) is 5.88 Å². The van der Waals surface area contributed by atoms with Crippen LogP contribution in [0.15, 0.2) is 36.5 Å². The van der Waals surface area contributed by atoms with Crippen LogP contribution in [0.1, 0.15) is 26.2 Å². The van der Waals surface area contributed by atoms with Crippen LogP contribution in [0.4, 0.5) is 11.6 Å². The van der Waals surface area contributed by atoms with Crippen molar-refractivity contribution in [2.75, 3.05) is 55.7 Å². The second kappa shape index (κ2) is 10.9. The van der Waals surface area contributed by atoms with Crippen LogP contribution in [0.3, 0.4) is 0 Å². The zero-order valence-corrected chi connectivity index (χ0v) is 18.9. The molecule has 2 aromatic rings.